The van der Waals surface area contributed by atoms with E-state index in [1.807, 2.05) is 18.2 Å². The number of ether oxygens (including phenoxy) is 1. The van der Waals surface area contributed by atoms with Crippen LogP contribution in [-0.2, 0) is 0 Å². The number of phenols is 1. The first kappa shape index (κ1) is 22.6. The van der Waals surface area contributed by atoms with E-state index in [-0.39, 0.29) is 18.0 Å². The van der Waals surface area contributed by atoms with E-state index in [0.717, 1.165) is 32.8 Å². The number of halogens is 1. The largest absolute Gasteiger partial charge is 0.508 e. The highest BCUT2D eigenvalue weighted by atomic mass is 35.5. The van der Waals surface area contributed by atoms with Crippen molar-refractivity contribution in [1.29, 1.82) is 0 Å². The van der Waals surface area contributed by atoms with Crippen LogP contribution < -0.4 is 4.74 Å². The Morgan fingerprint density at radius 3 is 2.58 bits per heavy atom. The molecule has 3 heterocycles. The third-order valence-corrected chi connectivity index (χ3v) is 7.36. The van der Waals surface area contributed by atoms with Gasteiger partial charge in [-0.2, -0.15) is 0 Å². The van der Waals surface area contributed by atoms with Gasteiger partial charge in [-0.1, -0.05) is 11.6 Å². The molecule has 36 heavy (non-hydrogen) atoms. The van der Waals surface area contributed by atoms with Gasteiger partial charge in [0.25, 0.3) is 0 Å². The van der Waals surface area contributed by atoms with Gasteiger partial charge in [0.1, 0.15) is 16.5 Å². The maximum Gasteiger partial charge on any atom is 0.193 e. The van der Waals surface area contributed by atoms with Gasteiger partial charge in [-0.25, -0.2) is 14.6 Å². The molecule has 1 aliphatic rings. The number of fused-ring (bicyclic) bond motifs is 3. The Balaban J connectivity index is 1.47. The molecule has 0 aliphatic carbocycles. The van der Waals surface area contributed by atoms with Gasteiger partial charge >= 0.3 is 0 Å². The summed E-state index contributed by atoms with van der Waals surface area (Å²) < 4.78 is 7.20. The summed E-state index contributed by atoms with van der Waals surface area (Å²) in [7, 11) is 1.63. The van der Waals surface area contributed by atoms with Gasteiger partial charge in [-0.05, 0) is 84.6 Å². The summed E-state index contributed by atoms with van der Waals surface area (Å²) in [6.45, 7) is 0. The first-order valence-corrected chi connectivity index (χ1v) is 12.4. The monoisotopic (exact) mass is 514 g/mol. The van der Waals surface area contributed by atoms with Crippen molar-refractivity contribution in [2.75, 3.05) is 7.11 Å². The number of benzene rings is 3. The standard InChI is InChI=1S/C27H19ClN4O3S/c1-35-20-10-11-22-17(12-20)13-21-23(14-24(34)15-2-6-18(28)7-3-15)32-27(36-26(21)29-22)30-25(31-32)16-4-8-19(33)9-5-16/h2-13,23,33H,14H2,1H3. The number of rotatable bonds is 5. The predicted octanol–water partition coefficient (Wildman–Crippen LogP) is 6.19. The van der Waals surface area contributed by atoms with Gasteiger partial charge in [0.05, 0.1) is 18.7 Å². The number of methoxy groups -OCH3 is 1. The van der Waals surface area contributed by atoms with E-state index >= 15 is 0 Å². The van der Waals surface area contributed by atoms with Crippen molar-refractivity contribution in [3.63, 3.8) is 0 Å². The molecule has 1 N–H and O–H groups in total. The van der Waals surface area contributed by atoms with Crippen LogP contribution in [0.2, 0.25) is 5.02 Å². The molecule has 3 aromatic carbocycles. The van der Waals surface area contributed by atoms with Gasteiger partial charge in [0, 0.05) is 33.5 Å². The molecular weight excluding hydrogens is 496 g/mol. The molecule has 9 heteroatoms. The first-order chi connectivity index (χ1) is 17.5. The zero-order valence-electron chi connectivity index (χ0n) is 19.1. The van der Waals surface area contributed by atoms with Crippen molar-refractivity contribution in [2.24, 2.45) is 0 Å². The molecule has 2 aromatic heterocycles. The number of ketones is 1. The van der Waals surface area contributed by atoms with Crippen LogP contribution in [0.4, 0.5) is 0 Å². The Labute approximate surface area is 215 Å². The van der Waals surface area contributed by atoms with Crippen LogP contribution in [0.1, 0.15) is 28.4 Å². The lowest BCUT2D eigenvalue weighted by atomic mass is 9.98. The number of nitrogens with zero attached hydrogens (tertiary/aromatic N) is 4. The van der Waals surface area contributed by atoms with E-state index in [2.05, 4.69) is 6.07 Å². The quantitative estimate of drug-likeness (QED) is 0.280. The highest BCUT2D eigenvalue weighted by molar-refractivity contribution is 7.99. The third-order valence-electron chi connectivity index (χ3n) is 6.13. The number of pyridine rings is 1. The molecule has 7 nitrogen and oxygen atoms in total. The fraction of sp³-hybridized carbons (Fsp3) is 0.111. The summed E-state index contributed by atoms with van der Waals surface area (Å²) in [5, 5.41) is 17.4. The predicted molar refractivity (Wildman–Crippen MR) is 138 cm³/mol. The molecule has 0 radical (unpaired) electrons. The number of hydrogen-bond donors (Lipinski definition) is 1. The maximum absolute atomic E-state index is 13.3. The van der Waals surface area contributed by atoms with Crippen molar-refractivity contribution in [3.8, 4) is 22.9 Å². The van der Waals surface area contributed by atoms with E-state index < -0.39 is 6.04 Å². The lowest BCUT2D eigenvalue weighted by Crippen LogP contribution is -2.21. The second kappa shape index (κ2) is 8.96. The molecule has 0 saturated carbocycles. The second-order valence-corrected chi connectivity index (χ2v) is 9.80. The average Bonchev–Trinajstić information content (AvgIpc) is 3.32. The number of aromatic hydroxyl groups is 1. The summed E-state index contributed by atoms with van der Waals surface area (Å²) in [5.41, 5.74) is 3.08. The SMILES string of the molecule is COc1ccc2nc3c(cc2c1)C(CC(=O)c1ccc(Cl)cc1)n1nc(-c2ccc(O)cc2)nc1S3. The number of aromatic nitrogens is 4. The number of carbonyl (C=O) groups excluding carboxylic acids is 1. The van der Waals surface area contributed by atoms with E-state index in [0.29, 0.717) is 21.6 Å². The maximum atomic E-state index is 13.3. The molecule has 5 aromatic rings. The normalized spacial score (nSPS) is 14.3. The van der Waals surface area contributed by atoms with Crippen LogP contribution in [0.25, 0.3) is 22.3 Å². The Kier molecular flexibility index (Phi) is 5.62. The molecule has 0 bridgehead atoms. The summed E-state index contributed by atoms with van der Waals surface area (Å²) in [6, 6.07) is 21.0. The van der Waals surface area contributed by atoms with E-state index in [1.165, 1.54) is 11.8 Å². The minimum Gasteiger partial charge on any atom is -0.508 e. The van der Waals surface area contributed by atoms with Crippen molar-refractivity contribution < 1.29 is 14.6 Å². The second-order valence-electron chi connectivity index (χ2n) is 8.40. The third kappa shape index (κ3) is 4.08. The molecule has 178 valence electrons. The molecule has 6 rings (SSSR count). The van der Waals surface area contributed by atoms with E-state index in [9.17, 15) is 9.90 Å². The Morgan fingerprint density at radius 1 is 1.06 bits per heavy atom. The van der Waals surface area contributed by atoms with Crippen LogP contribution in [0.15, 0.2) is 83.0 Å². The highest BCUT2D eigenvalue weighted by Gasteiger charge is 2.32. The fourth-order valence-corrected chi connectivity index (χ4v) is 5.41. The highest BCUT2D eigenvalue weighted by Crippen LogP contribution is 2.43. The van der Waals surface area contributed by atoms with Crippen LogP contribution in [0, 0.1) is 0 Å². The first-order valence-electron chi connectivity index (χ1n) is 11.2. The van der Waals surface area contributed by atoms with Crippen molar-refractivity contribution in [3.05, 3.63) is 88.9 Å². The number of hydrogen-bond acceptors (Lipinski definition) is 7. The van der Waals surface area contributed by atoms with E-state index in [1.54, 1.807) is 60.3 Å². The lowest BCUT2D eigenvalue weighted by molar-refractivity contribution is 0.0964. The van der Waals surface area contributed by atoms with Gasteiger partial charge in [0.2, 0.25) is 0 Å². The number of phenolic OH excluding ortho intramolecular Hbond substituents is 1. The Bertz CT molecular complexity index is 1620. The van der Waals surface area contributed by atoms with Gasteiger partial charge < -0.3 is 9.84 Å². The number of carbonyl (C=O) groups is 1. The number of Topliss-reactive ketones (excluding diaryl/α,β-unsaturated/α-hetero) is 1. The smallest absolute Gasteiger partial charge is 0.193 e. The summed E-state index contributed by atoms with van der Waals surface area (Å²) in [4.78, 5) is 23.0. The van der Waals surface area contributed by atoms with E-state index in [4.69, 9.17) is 31.4 Å². The zero-order valence-corrected chi connectivity index (χ0v) is 20.6. The fourth-order valence-electron chi connectivity index (χ4n) is 4.26. The molecule has 0 spiro atoms. The minimum atomic E-state index is -0.402. The minimum absolute atomic E-state index is 0.0344. The molecule has 1 atom stereocenters. The molecule has 1 unspecified atom stereocenters. The molecule has 0 amide bonds. The molecule has 1 aliphatic heterocycles. The lowest BCUT2D eigenvalue weighted by Gasteiger charge is -2.25. The summed E-state index contributed by atoms with van der Waals surface area (Å²) in [5.74, 6) is 1.38. The Hall–Kier alpha value is -3.88. The van der Waals surface area contributed by atoms with Crippen LogP contribution in [0.3, 0.4) is 0 Å². The average molecular weight is 515 g/mol. The summed E-state index contributed by atoms with van der Waals surface area (Å²) >= 11 is 7.45. The van der Waals surface area contributed by atoms with Gasteiger partial charge in [-0.3, -0.25) is 4.79 Å². The molecule has 0 fully saturated rings. The van der Waals surface area contributed by atoms with Crippen molar-refractivity contribution >= 4 is 40.0 Å². The molecule has 0 saturated heterocycles. The molecular formula is C27H19ClN4O3S. The van der Waals surface area contributed by atoms with Gasteiger partial charge in [0.15, 0.2) is 16.8 Å². The zero-order chi connectivity index (χ0) is 24.8. The summed E-state index contributed by atoms with van der Waals surface area (Å²) in [6.07, 6.45) is 0.178. The van der Waals surface area contributed by atoms with Crippen molar-refractivity contribution in [2.45, 2.75) is 22.6 Å². The topological polar surface area (TPSA) is 90.1 Å². The van der Waals surface area contributed by atoms with Crippen molar-refractivity contribution in [1.82, 2.24) is 19.7 Å². The van der Waals surface area contributed by atoms with Gasteiger partial charge in [-0.15, -0.1) is 5.10 Å². The Morgan fingerprint density at radius 2 is 1.83 bits per heavy atom. The van der Waals surface area contributed by atoms with Crippen LogP contribution in [0.5, 0.6) is 11.5 Å². The van der Waals surface area contributed by atoms with Crippen LogP contribution in [-0.4, -0.2) is 37.7 Å². The van der Waals surface area contributed by atoms with Crippen LogP contribution >= 0.6 is 23.4 Å².